The van der Waals surface area contributed by atoms with Crippen LogP contribution in [-0.4, -0.2) is 24.2 Å². The van der Waals surface area contributed by atoms with Gasteiger partial charge in [-0.25, -0.2) is 4.99 Å². The van der Waals surface area contributed by atoms with E-state index in [-0.39, 0.29) is 0 Å². The van der Waals surface area contributed by atoms with Gasteiger partial charge in [-0.2, -0.15) is 0 Å². The number of benzene rings is 1. The fourth-order valence-corrected chi connectivity index (χ4v) is 2.85. The molecule has 0 aliphatic rings. The average Bonchev–Trinajstić information content (AvgIpc) is 2.85. The molecule has 0 aliphatic heterocycles. The Balaban J connectivity index is 2.02. The van der Waals surface area contributed by atoms with E-state index in [0.29, 0.717) is 29.9 Å². The second kappa shape index (κ2) is 9.70. The van der Waals surface area contributed by atoms with Gasteiger partial charge >= 0.3 is 0 Å². The smallest absolute Gasteiger partial charge is 0.191 e. The lowest BCUT2D eigenvalue weighted by molar-refractivity contribution is 0.185. The van der Waals surface area contributed by atoms with Gasteiger partial charge < -0.3 is 19.9 Å². The SMILES string of the molecule is CCNC(=NCc1cccc(COC)c1)NCc1cc(Cl)c(Cl)n1C. The summed E-state index contributed by atoms with van der Waals surface area (Å²) in [6.45, 7) is 4.59. The van der Waals surface area contributed by atoms with Crippen molar-refractivity contribution in [1.29, 1.82) is 0 Å². The first-order valence-electron chi connectivity index (χ1n) is 8.13. The van der Waals surface area contributed by atoms with E-state index in [0.717, 1.165) is 29.3 Å². The van der Waals surface area contributed by atoms with Crippen molar-refractivity contribution in [3.63, 3.8) is 0 Å². The van der Waals surface area contributed by atoms with Crippen LogP contribution in [0.5, 0.6) is 0 Å². The molecule has 0 bridgehead atoms. The highest BCUT2D eigenvalue weighted by Gasteiger charge is 2.09. The Morgan fingerprint density at radius 2 is 1.96 bits per heavy atom. The van der Waals surface area contributed by atoms with Gasteiger partial charge in [0.15, 0.2) is 5.96 Å². The van der Waals surface area contributed by atoms with Gasteiger partial charge in [0.05, 0.1) is 24.7 Å². The van der Waals surface area contributed by atoms with Gasteiger partial charge in [-0.15, -0.1) is 0 Å². The molecule has 0 aliphatic carbocycles. The monoisotopic (exact) mass is 382 g/mol. The molecule has 7 heteroatoms. The first-order valence-corrected chi connectivity index (χ1v) is 8.89. The summed E-state index contributed by atoms with van der Waals surface area (Å²) in [5.74, 6) is 0.744. The molecule has 0 amide bonds. The zero-order valence-corrected chi connectivity index (χ0v) is 16.3. The highest BCUT2D eigenvalue weighted by atomic mass is 35.5. The zero-order chi connectivity index (χ0) is 18.2. The number of rotatable bonds is 7. The molecule has 136 valence electrons. The molecule has 2 rings (SSSR count). The summed E-state index contributed by atoms with van der Waals surface area (Å²) >= 11 is 12.2. The second-order valence-electron chi connectivity index (χ2n) is 5.64. The largest absolute Gasteiger partial charge is 0.380 e. The van der Waals surface area contributed by atoms with Gasteiger partial charge in [0, 0.05) is 26.4 Å². The first-order chi connectivity index (χ1) is 12.0. The third-order valence-electron chi connectivity index (χ3n) is 3.72. The van der Waals surface area contributed by atoms with E-state index in [1.165, 1.54) is 0 Å². The number of guanidine groups is 1. The number of hydrogen-bond acceptors (Lipinski definition) is 2. The molecule has 1 aromatic heterocycles. The summed E-state index contributed by atoms with van der Waals surface area (Å²) in [7, 11) is 3.58. The fourth-order valence-electron chi connectivity index (χ4n) is 2.43. The zero-order valence-electron chi connectivity index (χ0n) is 14.8. The van der Waals surface area contributed by atoms with Crippen LogP contribution in [0.3, 0.4) is 0 Å². The predicted molar refractivity (Wildman–Crippen MR) is 104 cm³/mol. The Hall–Kier alpha value is -1.69. The fraction of sp³-hybridized carbons (Fsp3) is 0.389. The van der Waals surface area contributed by atoms with Crippen molar-refractivity contribution < 1.29 is 4.74 Å². The van der Waals surface area contributed by atoms with Crippen molar-refractivity contribution in [2.75, 3.05) is 13.7 Å². The van der Waals surface area contributed by atoms with Gasteiger partial charge in [-0.05, 0) is 24.1 Å². The summed E-state index contributed by atoms with van der Waals surface area (Å²) in [6.07, 6.45) is 0. The Kier molecular flexibility index (Phi) is 7.62. The van der Waals surface area contributed by atoms with Gasteiger partial charge in [0.2, 0.25) is 0 Å². The molecule has 1 aromatic carbocycles. The number of halogens is 2. The summed E-state index contributed by atoms with van der Waals surface area (Å²) in [5, 5.41) is 7.64. The van der Waals surface area contributed by atoms with E-state index < -0.39 is 0 Å². The molecule has 0 spiro atoms. The van der Waals surface area contributed by atoms with E-state index in [1.54, 1.807) is 7.11 Å². The van der Waals surface area contributed by atoms with Crippen molar-refractivity contribution in [3.8, 4) is 0 Å². The van der Waals surface area contributed by atoms with Crippen molar-refractivity contribution in [2.45, 2.75) is 26.6 Å². The normalized spacial score (nSPS) is 11.6. The quantitative estimate of drug-likeness (QED) is 0.566. The Morgan fingerprint density at radius 3 is 2.60 bits per heavy atom. The molecule has 2 N–H and O–H groups in total. The number of aromatic nitrogens is 1. The average molecular weight is 383 g/mol. The molecular formula is C18H24Cl2N4O. The van der Waals surface area contributed by atoms with Crippen LogP contribution >= 0.6 is 23.2 Å². The molecule has 0 radical (unpaired) electrons. The topological polar surface area (TPSA) is 50.6 Å². The molecule has 0 fully saturated rings. The van der Waals surface area contributed by atoms with Crippen LogP contribution < -0.4 is 10.6 Å². The molecule has 0 saturated heterocycles. The molecule has 25 heavy (non-hydrogen) atoms. The molecular weight excluding hydrogens is 359 g/mol. The molecule has 1 heterocycles. The third-order valence-corrected chi connectivity index (χ3v) is 4.56. The first kappa shape index (κ1) is 19.6. The minimum absolute atomic E-state index is 0.537. The number of nitrogens with one attached hydrogen (secondary N) is 2. The van der Waals surface area contributed by atoms with Crippen LogP contribution in [0, 0.1) is 0 Å². The Bertz CT molecular complexity index is 728. The number of methoxy groups -OCH3 is 1. The van der Waals surface area contributed by atoms with E-state index in [1.807, 2.05) is 36.7 Å². The number of nitrogens with zero attached hydrogens (tertiary/aromatic N) is 2. The maximum absolute atomic E-state index is 6.10. The van der Waals surface area contributed by atoms with E-state index in [2.05, 4.69) is 27.8 Å². The van der Waals surface area contributed by atoms with Gasteiger partial charge in [0.25, 0.3) is 0 Å². The maximum Gasteiger partial charge on any atom is 0.191 e. The summed E-state index contributed by atoms with van der Waals surface area (Å²) in [6, 6.07) is 10.1. The lowest BCUT2D eigenvalue weighted by atomic mass is 10.1. The minimum atomic E-state index is 0.537. The van der Waals surface area contributed by atoms with Crippen molar-refractivity contribution in [2.24, 2.45) is 12.0 Å². The van der Waals surface area contributed by atoms with Crippen molar-refractivity contribution >= 4 is 29.2 Å². The minimum Gasteiger partial charge on any atom is -0.380 e. The highest BCUT2D eigenvalue weighted by molar-refractivity contribution is 6.41. The molecule has 0 unspecified atom stereocenters. The van der Waals surface area contributed by atoms with Gasteiger partial charge in [-0.1, -0.05) is 47.5 Å². The van der Waals surface area contributed by atoms with E-state index in [9.17, 15) is 0 Å². The Labute approximate surface area is 159 Å². The summed E-state index contributed by atoms with van der Waals surface area (Å²) in [5.41, 5.74) is 3.26. The summed E-state index contributed by atoms with van der Waals surface area (Å²) in [4.78, 5) is 4.64. The standard InChI is InChI=1S/C18H24Cl2N4O/c1-4-21-18(23-11-15-9-16(19)17(20)24(15)2)22-10-13-6-5-7-14(8-13)12-25-3/h5-9H,4,10-12H2,1-3H3,(H2,21,22,23). The number of ether oxygens (including phenoxy) is 1. The van der Waals surface area contributed by atoms with Crippen LogP contribution in [0.15, 0.2) is 35.3 Å². The predicted octanol–water partition coefficient (Wildman–Crippen LogP) is 3.73. The Morgan fingerprint density at radius 1 is 1.20 bits per heavy atom. The van der Waals surface area contributed by atoms with E-state index >= 15 is 0 Å². The second-order valence-corrected chi connectivity index (χ2v) is 6.40. The van der Waals surface area contributed by atoms with Crippen LogP contribution in [0.1, 0.15) is 23.7 Å². The van der Waals surface area contributed by atoms with Crippen LogP contribution in [0.2, 0.25) is 10.2 Å². The maximum atomic E-state index is 6.10. The molecule has 0 atom stereocenters. The van der Waals surface area contributed by atoms with Crippen LogP contribution in [-0.2, 0) is 31.5 Å². The van der Waals surface area contributed by atoms with E-state index in [4.69, 9.17) is 27.9 Å². The third kappa shape index (κ3) is 5.66. The van der Waals surface area contributed by atoms with Crippen molar-refractivity contribution in [1.82, 2.24) is 15.2 Å². The number of hydrogen-bond donors (Lipinski definition) is 2. The number of aliphatic imine (C=N–C) groups is 1. The lowest BCUT2D eigenvalue weighted by Crippen LogP contribution is -2.37. The van der Waals surface area contributed by atoms with Crippen LogP contribution in [0.4, 0.5) is 0 Å². The lowest BCUT2D eigenvalue weighted by Gasteiger charge is -2.12. The molecule has 0 saturated carbocycles. The molecule has 2 aromatic rings. The van der Waals surface area contributed by atoms with Gasteiger partial charge in [-0.3, -0.25) is 0 Å². The van der Waals surface area contributed by atoms with Gasteiger partial charge in [0.1, 0.15) is 5.15 Å². The van der Waals surface area contributed by atoms with Crippen molar-refractivity contribution in [3.05, 3.63) is 57.3 Å². The highest BCUT2D eigenvalue weighted by Crippen LogP contribution is 2.24. The summed E-state index contributed by atoms with van der Waals surface area (Å²) < 4.78 is 7.03. The van der Waals surface area contributed by atoms with Crippen LogP contribution in [0.25, 0.3) is 0 Å². The molecule has 5 nitrogen and oxygen atoms in total.